The van der Waals surface area contributed by atoms with E-state index in [4.69, 9.17) is 0 Å². The lowest BCUT2D eigenvalue weighted by Crippen LogP contribution is -2.29. The van der Waals surface area contributed by atoms with E-state index in [1.54, 1.807) is 36.4 Å². The monoisotopic (exact) mass is 305 g/mol. The Bertz CT molecular complexity index is 684. The molecular formula is C16H19NO3S. The topological polar surface area (TPSA) is 66.4 Å². The van der Waals surface area contributed by atoms with Crippen LogP contribution in [-0.4, -0.2) is 13.5 Å². The van der Waals surface area contributed by atoms with Gasteiger partial charge < -0.3 is 5.11 Å². The van der Waals surface area contributed by atoms with Gasteiger partial charge in [0.2, 0.25) is 10.0 Å². The molecule has 0 fully saturated rings. The first-order chi connectivity index (χ1) is 10.0. The third-order valence-corrected chi connectivity index (χ3v) is 4.60. The van der Waals surface area contributed by atoms with Crippen molar-refractivity contribution in [3.8, 4) is 5.75 Å². The second kappa shape index (κ2) is 6.74. The van der Waals surface area contributed by atoms with Crippen molar-refractivity contribution in [1.82, 2.24) is 4.72 Å². The van der Waals surface area contributed by atoms with Crippen LogP contribution in [-0.2, 0) is 15.8 Å². The van der Waals surface area contributed by atoms with Gasteiger partial charge in [-0.05, 0) is 18.1 Å². The summed E-state index contributed by atoms with van der Waals surface area (Å²) in [5.74, 6) is 0.0320. The number of phenols is 1. The van der Waals surface area contributed by atoms with Crippen LogP contribution in [0.1, 0.15) is 30.5 Å². The number of benzene rings is 2. The number of phenolic OH excluding ortho intramolecular Hbond substituents is 1. The quantitative estimate of drug-likeness (QED) is 0.862. The van der Waals surface area contributed by atoms with Crippen molar-refractivity contribution < 1.29 is 13.5 Å². The second-order valence-corrected chi connectivity index (χ2v) is 6.64. The first kappa shape index (κ1) is 15.5. The van der Waals surface area contributed by atoms with E-state index in [0.29, 0.717) is 12.0 Å². The summed E-state index contributed by atoms with van der Waals surface area (Å²) in [6, 6.07) is 15.4. The van der Waals surface area contributed by atoms with Crippen LogP contribution in [0, 0.1) is 0 Å². The number of hydrogen-bond donors (Lipinski definition) is 2. The van der Waals surface area contributed by atoms with Gasteiger partial charge in [-0.1, -0.05) is 55.5 Å². The van der Waals surface area contributed by atoms with Crippen LogP contribution in [0.15, 0.2) is 54.6 Å². The zero-order valence-electron chi connectivity index (χ0n) is 11.9. The number of rotatable bonds is 6. The molecule has 0 aliphatic carbocycles. The molecule has 5 heteroatoms. The van der Waals surface area contributed by atoms with Gasteiger partial charge in [0, 0.05) is 5.56 Å². The molecule has 0 aliphatic heterocycles. The average molecular weight is 305 g/mol. The van der Waals surface area contributed by atoms with Gasteiger partial charge in [-0.2, -0.15) is 0 Å². The van der Waals surface area contributed by atoms with Crippen LogP contribution in [0.2, 0.25) is 0 Å². The number of hydrogen-bond acceptors (Lipinski definition) is 3. The molecule has 0 saturated heterocycles. The van der Waals surface area contributed by atoms with Gasteiger partial charge in [-0.25, -0.2) is 13.1 Å². The fourth-order valence-corrected chi connectivity index (χ4v) is 3.64. The highest BCUT2D eigenvalue weighted by Crippen LogP contribution is 2.26. The largest absolute Gasteiger partial charge is 0.508 e. The molecule has 0 unspecified atom stereocenters. The highest BCUT2D eigenvalue weighted by atomic mass is 32.2. The van der Waals surface area contributed by atoms with Crippen molar-refractivity contribution in [2.24, 2.45) is 0 Å². The molecule has 1 atom stereocenters. The van der Waals surface area contributed by atoms with Crippen LogP contribution in [0.3, 0.4) is 0 Å². The van der Waals surface area contributed by atoms with E-state index in [-0.39, 0.29) is 11.5 Å². The Morgan fingerprint density at radius 3 is 2.29 bits per heavy atom. The smallest absolute Gasteiger partial charge is 0.216 e. The standard InChI is InChI=1S/C16H19NO3S/c1-2-15(14-10-6-7-11-16(14)18)17-21(19,20)12-13-8-4-3-5-9-13/h3-11,15,17-18H,2,12H2,1H3/t15-/m0/s1. The molecule has 4 nitrogen and oxygen atoms in total. The summed E-state index contributed by atoms with van der Waals surface area (Å²) >= 11 is 0. The summed E-state index contributed by atoms with van der Waals surface area (Å²) in [5.41, 5.74) is 1.33. The summed E-state index contributed by atoms with van der Waals surface area (Å²) in [6.07, 6.45) is 0.561. The van der Waals surface area contributed by atoms with Crippen molar-refractivity contribution in [3.05, 3.63) is 65.7 Å². The molecule has 0 amide bonds. The third-order valence-electron chi connectivity index (χ3n) is 3.24. The minimum Gasteiger partial charge on any atom is -0.508 e. The Labute approximate surface area is 125 Å². The molecule has 2 aromatic carbocycles. The predicted molar refractivity (Wildman–Crippen MR) is 83.3 cm³/mol. The maximum atomic E-state index is 12.3. The van der Waals surface area contributed by atoms with Crippen LogP contribution < -0.4 is 4.72 Å². The molecule has 0 aromatic heterocycles. The zero-order chi connectivity index (χ0) is 15.3. The van der Waals surface area contributed by atoms with Gasteiger partial charge in [0.15, 0.2) is 0 Å². The molecule has 2 rings (SSSR count). The Hall–Kier alpha value is -1.85. The highest BCUT2D eigenvalue weighted by molar-refractivity contribution is 7.88. The molecule has 0 bridgehead atoms. The number of aromatic hydroxyl groups is 1. The van der Waals surface area contributed by atoms with Gasteiger partial charge in [0.05, 0.1) is 11.8 Å². The lowest BCUT2D eigenvalue weighted by atomic mass is 10.0. The summed E-state index contributed by atoms with van der Waals surface area (Å²) in [4.78, 5) is 0. The highest BCUT2D eigenvalue weighted by Gasteiger charge is 2.20. The van der Waals surface area contributed by atoms with E-state index >= 15 is 0 Å². The molecular weight excluding hydrogens is 286 g/mol. The molecule has 0 aliphatic rings. The van der Waals surface area contributed by atoms with E-state index in [9.17, 15) is 13.5 Å². The second-order valence-electron chi connectivity index (χ2n) is 4.88. The summed E-state index contributed by atoms with van der Waals surface area (Å²) in [6.45, 7) is 1.88. The molecule has 0 radical (unpaired) electrons. The van der Waals surface area contributed by atoms with Gasteiger partial charge >= 0.3 is 0 Å². The predicted octanol–water partition coefficient (Wildman–Crippen LogP) is 2.96. The van der Waals surface area contributed by atoms with Crippen molar-refractivity contribution in [3.63, 3.8) is 0 Å². The van der Waals surface area contributed by atoms with Crippen molar-refractivity contribution in [2.45, 2.75) is 25.1 Å². The summed E-state index contributed by atoms with van der Waals surface area (Å²) in [5, 5.41) is 9.86. The minimum atomic E-state index is -3.47. The van der Waals surface area contributed by atoms with Crippen LogP contribution >= 0.6 is 0 Å². The summed E-state index contributed by atoms with van der Waals surface area (Å²) in [7, 11) is -3.47. The molecule has 21 heavy (non-hydrogen) atoms. The van der Waals surface area contributed by atoms with Gasteiger partial charge in [0.25, 0.3) is 0 Å². The molecule has 0 spiro atoms. The molecule has 2 N–H and O–H groups in total. The van der Waals surface area contributed by atoms with Crippen LogP contribution in [0.5, 0.6) is 5.75 Å². The van der Waals surface area contributed by atoms with Crippen molar-refractivity contribution in [2.75, 3.05) is 0 Å². The maximum Gasteiger partial charge on any atom is 0.216 e. The minimum absolute atomic E-state index is 0.0715. The Morgan fingerprint density at radius 1 is 1.05 bits per heavy atom. The molecule has 112 valence electrons. The first-order valence-electron chi connectivity index (χ1n) is 6.83. The lowest BCUT2D eigenvalue weighted by Gasteiger charge is -2.18. The molecule has 0 saturated carbocycles. The zero-order valence-corrected chi connectivity index (χ0v) is 12.7. The Morgan fingerprint density at radius 2 is 1.67 bits per heavy atom. The number of nitrogens with one attached hydrogen (secondary N) is 1. The number of para-hydroxylation sites is 1. The van der Waals surface area contributed by atoms with E-state index in [1.807, 2.05) is 25.1 Å². The fraction of sp³-hybridized carbons (Fsp3) is 0.250. The average Bonchev–Trinajstić information content (AvgIpc) is 2.46. The Kier molecular flexibility index (Phi) is 4.98. The first-order valence-corrected chi connectivity index (χ1v) is 8.49. The van der Waals surface area contributed by atoms with Gasteiger partial charge in [-0.3, -0.25) is 0 Å². The molecule has 2 aromatic rings. The fourth-order valence-electron chi connectivity index (χ4n) is 2.20. The van der Waals surface area contributed by atoms with Gasteiger partial charge in [0.1, 0.15) is 5.75 Å². The maximum absolute atomic E-state index is 12.3. The van der Waals surface area contributed by atoms with Crippen LogP contribution in [0.4, 0.5) is 0 Å². The van der Waals surface area contributed by atoms with Crippen molar-refractivity contribution in [1.29, 1.82) is 0 Å². The van der Waals surface area contributed by atoms with E-state index < -0.39 is 16.1 Å². The molecule has 0 heterocycles. The Balaban J connectivity index is 2.16. The SMILES string of the molecule is CC[C@H](NS(=O)(=O)Cc1ccccc1)c1ccccc1O. The lowest BCUT2D eigenvalue weighted by molar-refractivity contribution is 0.454. The van der Waals surface area contributed by atoms with E-state index in [1.165, 1.54) is 0 Å². The van der Waals surface area contributed by atoms with E-state index in [2.05, 4.69) is 4.72 Å². The number of sulfonamides is 1. The summed E-state index contributed by atoms with van der Waals surface area (Å²) < 4.78 is 27.2. The van der Waals surface area contributed by atoms with Crippen molar-refractivity contribution >= 4 is 10.0 Å². The normalized spacial score (nSPS) is 13.0. The third kappa shape index (κ3) is 4.31. The van der Waals surface area contributed by atoms with Gasteiger partial charge in [-0.15, -0.1) is 0 Å². The van der Waals surface area contributed by atoms with E-state index in [0.717, 1.165) is 5.56 Å². The van der Waals surface area contributed by atoms with Crippen LogP contribution in [0.25, 0.3) is 0 Å².